The lowest BCUT2D eigenvalue weighted by Gasteiger charge is -2.26. The van der Waals surface area contributed by atoms with Gasteiger partial charge in [0.25, 0.3) is 0 Å². The topological polar surface area (TPSA) is 74.8 Å². The summed E-state index contributed by atoms with van der Waals surface area (Å²) in [5.74, 6) is 0.910. The van der Waals surface area contributed by atoms with Gasteiger partial charge >= 0.3 is 6.16 Å². The number of methoxy groups -OCH3 is 1. The van der Waals surface area contributed by atoms with E-state index in [1.54, 1.807) is 12.1 Å². The van der Waals surface area contributed by atoms with E-state index in [4.69, 9.17) is 4.74 Å². The van der Waals surface area contributed by atoms with Crippen molar-refractivity contribution >= 4 is 17.1 Å². The van der Waals surface area contributed by atoms with Crippen LogP contribution in [-0.2, 0) is 15.9 Å². The van der Waals surface area contributed by atoms with Crippen molar-refractivity contribution in [1.29, 1.82) is 0 Å². The van der Waals surface area contributed by atoms with Crippen LogP contribution in [-0.4, -0.2) is 47.9 Å². The number of rotatable bonds is 4. The Morgan fingerprint density at radius 2 is 2.30 bits per heavy atom. The van der Waals surface area contributed by atoms with Crippen LogP contribution in [0.15, 0.2) is 36.2 Å². The van der Waals surface area contributed by atoms with Gasteiger partial charge in [-0.25, -0.2) is 4.79 Å². The van der Waals surface area contributed by atoms with Gasteiger partial charge in [0.05, 0.1) is 13.7 Å². The van der Waals surface area contributed by atoms with Gasteiger partial charge in [0.2, 0.25) is 0 Å². The second-order valence-corrected chi connectivity index (χ2v) is 5.59. The number of aromatic nitrogens is 1. The molecule has 0 fully saturated rings. The lowest BCUT2D eigenvalue weighted by molar-refractivity contribution is 0.0874. The number of nitrogens with zero attached hydrogens (tertiary/aromatic N) is 1. The van der Waals surface area contributed by atoms with Gasteiger partial charge in [0.15, 0.2) is 0 Å². The van der Waals surface area contributed by atoms with E-state index >= 15 is 0 Å². The third-order valence-corrected chi connectivity index (χ3v) is 4.03. The molecule has 0 atom stereocenters. The maximum atomic E-state index is 11.2. The van der Waals surface area contributed by atoms with Gasteiger partial charge in [-0.15, -0.1) is 0 Å². The summed E-state index contributed by atoms with van der Waals surface area (Å²) in [5, 5.41) is 10.7. The second-order valence-electron chi connectivity index (χ2n) is 5.59. The highest BCUT2D eigenvalue weighted by atomic mass is 16.7. The Labute approximate surface area is 134 Å². The van der Waals surface area contributed by atoms with Crippen molar-refractivity contribution in [3.8, 4) is 5.75 Å². The van der Waals surface area contributed by atoms with Crippen molar-refractivity contribution in [3.05, 3.63) is 41.8 Å². The average Bonchev–Trinajstić information content (AvgIpc) is 2.95. The molecule has 2 heterocycles. The molecule has 1 aromatic carbocycles. The number of carbonyl (C=O) groups is 1. The summed E-state index contributed by atoms with van der Waals surface area (Å²) >= 11 is 0. The number of benzene rings is 1. The summed E-state index contributed by atoms with van der Waals surface area (Å²) in [4.78, 5) is 16.6. The summed E-state index contributed by atoms with van der Waals surface area (Å²) in [6, 6.07) is 5.33. The summed E-state index contributed by atoms with van der Waals surface area (Å²) in [5.41, 5.74) is 2.19. The summed E-state index contributed by atoms with van der Waals surface area (Å²) in [6.45, 7) is 2.38. The third kappa shape index (κ3) is 3.65. The number of fused-ring (bicyclic) bond motifs is 1. The first kappa shape index (κ1) is 15.4. The van der Waals surface area contributed by atoms with Crippen LogP contribution in [0.4, 0.5) is 4.79 Å². The first-order valence-electron chi connectivity index (χ1n) is 7.62. The molecule has 0 amide bonds. The normalized spacial score (nSPS) is 15.4. The fourth-order valence-electron chi connectivity index (χ4n) is 2.84. The van der Waals surface area contributed by atoms with Crippen molar-refractivity contribution in [2.75, 3.05) is 26.7 Å². The van der Waals surface area contributed by atoms with Crippen molar-refractivity contribution in [3.63, 3.8) is 0 Å². The number of hydrogen-bond donors (Lipinski definition) is 2. The number of phenolic OH excluding ortho intramolecular Hbond substituents is 1. The second kappa shape index (κ2) is 6.75. The van der Waals surface area contributed by atoms with E-state index in [1.165, 1.54) is 12.7 Å². The van der Waals surface area contributed by atoms with E-state index in [1.807, 2.05) is 18.3 Å². The first-order chi connectivity index (χ1) is 11.2. The van der Waals surface area contributed by atoms with Crippen LogP contribution in [0, 0.1) is 0 Å². The molecule has 1 aromatic heterocycles. The quantitative estimate of drug-likeness (QED) is 0.848. The number of carbonyl (C=O) groups excluding carboxylic acids is 1. The molecule has 0 radical (unpaired) electrons. The Morgan fingerprint density at radius 3 is 3.13 bits per heavy atom. The van der Waals surface area contributed by atoms with Crippen LogP contribution in [0.1, 0.15) is 12.0 Å². The summed E-state index contributed by atoms with van der Waals surface area (Å²) in [6.07, 6.45) is 4.94. The molecule has 1 aliphatic rings. The monoisotopic (exact) mass is 316 g/mol. The van der Waals surface area contributed by atoms with Gasteiger partial charge < -0.3 is 19.6 Å². The van der Waals surface area contributed by atoms with Gasteiger partial charge in [-0.05, 0) is 42.7 Å². The highest BCUT2D eigenvalue weighted by molar-refractivity contribution is 5.84. The Hall–Kier alpha value is -2.47. The number of aromatic amines is 1. The number of phenols is 1. The molecular formula is C17H20N2O4. The van der Waals surface area contributed by atoms with E-state index < -0.39 is 6.16 Å². The first-order valence-corrected chi connectivity index (χ1v) is 7.62. The van der Waals surface area contributed by atoms with E-state index in [9.17, 15) is 9.90 Å². The molecule has 6 nitrogen and oxygen atoms in total. The molecule has 0 aliphatic carbocycles. The molecule has 0 bridgehead atoms. The third-order valence-electron chi connectivity index (χ3n) is 4.03. The fraction of sp³-hybridized carbons (Fsp3) is 0.353. The van der Waals surface area contributed by atoms with Gasteiger partial charge in [0, 0.05) is 30.2 Å². The zero-order valence-corrected chi connectivity index (χ0v) is 13.0. The zero-order valence-electron chi connectivity index (χ0n) is 13.0. The van der Waals surface area contributed by atoms with Crippen LogP contribution >= 0.6 is 0 Å². The van der Waals surface area contributed by atoms with Gasteiger partial charge in [-0.3, -0.25) is 4.90 Å². The lowest BCUT2D eigenvalue weighted by Crippen LogP contribution is -2.33. The molecule has 1 aliphatic heterocycles. The molecule has 0 unspecified atom stereocenters. The SMILES string of the molecule is COC(=O)OC1=CCCN(CCc2c[nH]c3ccc(O)cc23)C1. The molecule has 0 saturated carbocycles. The van der Waals surface area contributed by atoms with Crippen LogP contribution in [0.25, 0.3) is 10.9 Å². The average molecular weight is 316 g/mol. The Kier molecular flexibility index (Phi) is 4.52. The minimum absolute atomic E-state index is 0.271. The maximum absolute atomic E-state index is 11.2. The number of nitrogens with one attached hydrogen (secondary N) is 1. The van der Waals surface area contributed by atoms with E-state index in [0.717, 1.165) is 36.8 Å². The Bertz CT molecular complexity index is 735. The molecule has 2 N–H and O–H groups in total. The molecule has 0 saturated heterocycles. The largest absolute Gasteiger partial charge is 0.513 e. The Morgan fingerprint density at radius 1 is 1.43 bits per heavy atom. The number of ether oxygens (including phenoxy) is 2. The standard InChI is InChI=1S/C17H20N2O4/c1-22-17(21)23-14-3-2-7-19(11-14)8-6-12-10-18-16-5-4-13(20)9-15(12)16/h3-5,9-10,18,20H,2,6-8,11H2,1H3. The molecule has 23 heavy (non-hydrogen) atoms. The highest BCUT2D eigenvalue weighted by Gasteiger charge is 2.17. The van der Waals surface area contributed by atoms with Crippen LogP contribution in [0.2, 0.25) is 0 Å². The van der Waals surface area contributed by atoms with Crippen molar-refractivity contribution < 1.29 is 19.4 Å². The fourth-order valence-corrected chi connectivity index (χ4v) is 2.84. The van der Waals surface area contributed by atoms with E-state index in [0.29, 0.717) is 12.3 Å². The highest BCUT2D eigenvalue weighted by Crippen LogP contribution is 2.23. The van der Waals surface area contributed by atoms with Crippen LogP contribution in [0.5, 0.6) is 5.75 Å². The minimum atomic E-state index is -0.676. The maximum Gasteiger partial charge on any atom is 0.513 e. The van der Waals surface area contributed by atoms with Gasteiger partial charge in [-0.1, -0.05) is 0 Å². The Balaban J connectivity index is 1.61. The molecule has 6 heteroatoms. The lowest BCUT2D eigenvalue weighted by atomic mass is 10.1. The van der Waals surface area contributed by atoms with Gasteiger partial charge in [0.1, 0.15) is 11.5 Å². The van der Waals surface area contributed by atoms with Crippen LogP contribution < -0.4 is 0 Å². The predicted octanol–water partition coefficient (Wildman–Crippen LogP) is 2.79. The van der Waals surface area contributed by atoms with Crippen molar-refractivity contribution in [2.24, 2.45) is 0 Å². The number of aromatic hydroxyl groups is 1. The minimum Gasteiger partial charge on any atom is -0.508 e. The molecular weight excluding hydrogens is 296 g/mol. The number of hydrogen-bond acceptors (Lipinski definition) is 5. The van der Waals surface area contributed by atoms with Gasteiger partial charge in [-0.2, -0.15) is 0 Å². The molecule has 122 valence electrons. The van der Waals surface area contributed by atoms with E-state index in [-0.39, 0.29) is 5.75 Å². The summed E-state index contributed by atoms with van der Waals surface area (Å²) in [7, 11) is 1.30. The van der Waals surface area contributed by atoms with Crippen molar-refractivity contribution in [2.45, 2.75) is 12.8 Å². The van der Waals surface area contributed by atoms with Crippen molar-refractivity contribution in [1.82, 2.24) is 9.88 Å². The smallest absolute Gasteiger partial charge is 0.508 e. The summed E-state index contributed by atoms with van der Waals surface area (Å²) < 4.78 is 9.63. The zero-order chi connectivity index (χ0) is 16.2. The number of H-pyrrole nitrogens is 1. The molecule has 0 spiro atoms. The van der Waals surface area contributed by atoms with E-state index in [2.05, 4.69) is 14.6 Å². The van der Waals surface area contributed by atoms with Crippen LogP contribution in [0.3, 0.4) is 0 Å². The predicted molar refractivity (Wildman–Crippen MR) is 86.3 cm³/mol. The molecule has 3 rings (SSSR count). The molecule has 2 aromatic rings.